The quantitative estimate of drug-likeness (QED) is 0.909. The van der Waals surface area contributed by atoms with Crippen LogP contribution in [0.25, 0.3) is 0 Å². The molecule has 4 heteroatoms. The van der Waals surface area contributed by atoms with E-state index in [0.717, 1.165) is 19.5 Å². The molecule has 1 aliphatic rings. The normalized spacial score (nSPS) is 21.6. The second-order valence-electron chi connectivity index (χ2n) is 6.87. The molecular formula is C17H27N3O. The van der Waals surface area contributed by atoms with Gasteiger partial charge in [-0.2, -0.15) is 0 Å². The van der Waals surface area contributed by atoms with Gasteiger partial charge in [-0.1, -0.05) is 30.3 Å². The molecule has 21 heavy (non-hydrogen) atoms. The third kappa shape index (κ3) is 4.55. The molecule has 2 rings (SSSR count). The minimum absolute atomic E-state index is 0.0187. The van der Waals surface area contributed by atoms with Crippen LogP contribution in [0.4, 0.5) is 0 Å². The van der Waals surface area contributed by atoms with Crippen LogP contribution >= 0.6 is 0 Å². The number of nitrogens with zero attached hydrogens (tertiary/aromatic N) is 2. The topological polar surface area (TPSA) is 35.6 Å². The van der Waals surface area contributed by atoms with Crippen LogP contribution in [0.1, 0.15) is 19.4 Å². The van der Waals surface area contributed by atoms with Gasteiger partial charge in [-0.15, -0.1) is 0 Å². The predicted molar refractivity (Wildman–Crippen MR) is 86.3 cm³/mol. The summed E-state index contributed by atoms with van der Waals surface area (Å²) in [6, 6.07) is 10.6. The Balaban J connectivity index is 2.11. The van der Waals surface area contributed by atoms with Gasteiger partial charge in [0.05, 0.1) is 6.54 Å². The van der Waals surface area contributed by atoms with Crippen LogP contribution in [0.15, 0.2) is 30.3 Å². The molecule has 1 fully saturated rings. The van der Waals surface area contributed by atoms with E-state index in [4.69, 9.17) is 0 Å². The maximum atomic E-state index is 12.6. The average Bonchev–Trinajstić information content (AvgIpc) is 2.41. The molecule has 116 valence electrons. The first-order valence-corrected chi connectivity index (χ1v) is 7.60. The van der Waals surface area contributed by atoms with Gasteiger partial charge in [0, 0.05) is 24.7 Å². The number of carbonyl (C=O) groups excluding carboxylic acids is 1. The predicted octanol–water partition coefficient (Wildman–Crippen LogP) is 1.37. The first-order valence-electron chi connectivity index (χ1n) is 7.60. The molecule has 1 atom stereocenters. The Bertz CT molecular complexity index is 470. The fourth-order valence-electron chi connectivity index (χ4n) is 2.84. The van der Waals surface area contributed by atoms with Gasteiger partial charge in [0.15, 0.2) is 0 Å². The zero-order valence-electron chi connectivity index (χ0n) is 13.6. The smallest absolute Gasteiger partial charge is 0.237 e. The maximum absolute atomic E-state index is 12.6. The molecule has 1 aliphatic heterocycles. The molecule has 0 aliphatic carbocycles. The second-order valence-corrected chi connectivity index (χ2v) is 6.87. The van der Waals surface area contributed by atoms with Crippen molar-refractivity contribution in [2.24, 2.45) is 0 Å². The van der Waals surface area contributed by atoms with Gasteiger partial charge >= 0.3 is 0 Å². The van der Waals surface area contributed by atoms with E-state index >= 15 is 0 Å². The molecule has 0 radical (unpaired) electrons. The van der Waals surface area contributed by atoms with E-state index in [0.29, 0.717) is 6.54 Å². The minimum Gasteiger partial charge on any atom is -0.335 e. The van der Waals surface area contributed by atoms with Crippen LogP contribution < -0.4 is 5.32 Å². The Morgan fingerprint density at radius 2 is 2.00 bits per heavy atom. The number of nitrogens with one attached hydrogen (secondary N) is 1. The highest BCUT2D eigenvalue weighted by Crippen LogP contribution is 2.18. The molecule has 1 N–H and O–H groups in total. The fraction of sp³-hybridized carbons (Fsp3) is 0.588. The van der Waals surface area contributed by atoms with Crippen molar-refractivity contribution in [3.63, 3.8) is 0 Å². The van der Waals surface area contributed by atoms with Gasteiger partial charge in [0.1, 0.15) is 0 Å². The molecule has 1 saturated heterocycles. The van der Waals surface area contributed by atoms with Gasteiger partial charge in [-0.3, -0.25) is 4.79 Å². The van der Waals surface area contributed by atoms with Gasteiger partial charge in [-0.25, -0.2) is 0 Å². The third-order valence-electron chi connectivity index (χ3n) is 3.91. The van der Waals surface area contributed by atoms with E-state index in [1.807, 2.05) is 25.1 Å². The van der Waals surface area contributed by atoms with Crippen LogP contribution in [0.5, 0.6) is 0 Å². The van der Waals surface area contributed by atoms with E-state index in [-0.39, 0.29) is 17.5 Å². The summed E-state index contributed by atoms with van der Waals surface area (Å²) >= 11 is 0. The standard InChI is InChI=1S/C17H27N3O/c1-17(2)13-20(16(21)12-19(3)4)15(11-18-17)10-14-8-6-5-7-9-14/h5-9,15,18H,10-13H2,1-4H3. The van der Waals surface area contributed by atoms with Gasteiger partial charge in [0.2, 0.25) is 5.91 Å². The molecule has 0 saturated carbocycles. The number of benzene rings is 1. The Morgan fingerprint density at radius 3 is 2.62 bits per heavy atom. The van der Waals surface area contributed by atoms with Crippen LogP contribution in [0.3, 0.4) is 0 Å². The summed E-state index contributed by atoms with van der Waals surface area (Å²) in [5.74, 6) is 0.218. The lowest BCUT2D eigenvalue weighted by atomic mass is 9.95. The van der Waals surface area contributed by atoms with Crippen molar-refractivity contribution in [3.05, 3.63) is 35.9 Å². The van der Waals surface area contributed by atoms with Crippen molar-refractivity contribution in [2.45, 2.75) is 31.8 Å². The Hall–Kier alpha value is -1.39. The molecule has 1 aromatic carbocycles. The van der Waals surface area contributed by atoms with Crippen molar-refractivity contribution in [3.8, 4) is 0 Å². The van der Waals surface area contributed by atoms with Gasteiger partial charge in [-0.05, 0) is 39.9 Å². The molecule has 1 unspecified atom stereocenters. The number of carbonyl (C=O) groups is 1. The molecule has 0 aromatic heterocycles. The van der Waals surface area contributed by atoms with Crippen molar-refractivity contribution in [1.29, 1.82) is 0 Å². The minimum atomic E-state index is -0.0187. The molecule has 0 spiro atoms. The van der Waals surface area contributed by atoms with Crippen LogP contribution in [-0.2, 0) is 11.2 Å². The largest absolute Gasteiger partial charge is 0.335 e. The van der Waals surface area contributed by atoms with E-state index in [2.05, 4.69) is 48.3 Å². The Kier molecular flexibility index (Phi) is 5.01. The zero-order chi connectivity index (χ0) is 15.5. The summed E-state index contributed by atoms with van der Waals surface area (Å²) in [7, 11) is 3.88. The summed E-state index contributed by atoms with van der Waals surface area (Å²) in [5.41, 5.74) is 1.27. The monoisotopic (exact) mass is 289 g/mol. The Morgan fingerprint density at radius 1 is 1.33 bits per heavy atom. The SMILES string of the molecule is CN(C)CC(=O)N1CC(C)(C)NCC1Cc1ccccc1. The number of rotatable bonds is 4. The van der Waals surface area contributed by atoms with E-state index in [1.54, 1.807) is 0 Å². The third-order valence-corrected chi connectivity index (χ3v) is 3.91. The summed E-state index contributed by atoms with van der Waals surface area (Å²) in [5, 5.41) is 3.56. The van der Waals surface area contributed by atoms with Gasteiger partial charge in [0.25, 0.3) is 0 Å². The lowest BCUT2D eigenvalue weighted by Gasteiger charge is -2.45. The maximum Gasteiger partial charge on any atom is 0.237 e. The molecule has 1 aromatic rings. The number of amides is 1. The first kappa shape index (κ1) is 16.0. The highest BCUT2D eigenvalue weighted by Gasteiger charge is 2.35. The summed E-state index contributed by atoms with van der Waals surface area (Å²) in [6.07, 6.45) is 0.906. The Labute approximate surface area is 128 Å². The summed E-state index contributed by atoms with van der Waals surface area (Å²) in [6.45, 7) is 6.39. The summed E-state index contributed by atoms with van der Waals surface area (Å²) in [4.78, 5) is 16.6. The highest BCUT2D eigenvalue weighted by molar-refractivity contribution is 5.79. The van der Waals surface area contributed by atoms with Gasteiger partial charge < -0.3 is 15.1 Å². The highest BCUT2D eigenvalue weighted by atomic mass is 16.2. The van der Waals surface area contributed by atoms with Crippen molar-refractivity contribution in [2.75, 3.05) is 33.7 Å². The van der Waals surface area contributed by atoms with Crippen molar-refractivity contribution in [1.82, 2.24) is 15.1 Å². The first-order chi connectivity index (χ1) is 9.87. The number of hydrogen-bond acceptors (Lipinski definition) is 3. The van der Waals surface area contributed by atoms with E-state index in [9.17, 15) is 4.79 Å². The number of likely N-dealkylation sites (N-methyl/N-ethyl adjacent to an activating group) is 1. The molecule has 0 bridgehead atoms. The number of piperazine rings is 1. The zero-order valence-corrected chi connectivity index (χ0v) is 13.6. The summed E-state index contributed by atoms with van der Waals surface area (Å²) < 4.78 is 0. The number of hydrogen-bond donors (Lipinski definition) is 1. The molecular weight excluding hydrogens is 262 g/mol. The fourth-order valence-corrected chi connectivity index (χ4v) is 2.84. The van der Waals surface area contributed by atoms with Crippen molar-refractivity contribution >= 4 is 5.91 Å². The second kappa shape index (κ2) is 6.58. The lowest BCUT2D eigenvalue weighted by molar-refractivity contribution is -0.136. The molecule has 4 nitrogen and oxygen atoms in total. The van der Waals surface area contributed by atoms with E-state index in [1.165, 1.54) is 5.56 Å². The molecule has 1 amide bonds. The van der Waals surface area contributed by atoms with Crippen LogP contribution in [-0.4, -0.2) is 61.0 Å². The van der Waals surface area contributed by atoms with Crippen LogP contribution in [0, 0.1) is 0 Å². The van der Waals surface area contributed by atoms with E-state index < -0.39 is 0 Å². The van der Waals surface area contributed by atoms with Crippen molar-refractivity contribution < 1.29 is 4.79 Å². The average molecular weight is 289 g/mol. The lowest BCUT2D eigenvalue weighted by Crippen LogP contribution is -2.64. The molecule has 1 heterocycles. The van der Waals surface area contributed by atoms with Crippen LogP contribution in [0.2, 0.25) is 0 Å².